The summed E-state index contributed by atoms with van der Waals surface area (Å²) in [4.78, 5) is 13.7. The second-order valence-corrected chi connectivity index (χ2v) is 6.95. The zero-order valence-electron chi connectivity index (χ0n) is 12.6. The van der Waals surface area contributed by atoms with Crippen molar-refractivity contribution in [1.82, 2.24) is 5.32 Å². The lowest BCUT2D eigenvalue weighted by Gasteiger charge is -2.47. The van der Waals surface area contributed by atoms with Crippen molar-refractivity contribution in [1.29, 1.82) is 0 Å². The van der Waals surface area contributed by atoms with Crippen molar-refractivity contribution in [3.8, 4) is 0 Å². The van der Waals surface area contributed by atoms with E-state index in [9.17, 15) is 4.79 Å². The minimum Gasteiger partial charge on any atom is -0.384 e. The molecule has 3 rings (SSSR count). The lowest BCUT2D eigenvalue weighted by atomic mass is 9.67. The van der Waals surface area contributed by atoms with Crippen molar-refractivity contribution in [3.05, 3.63) is 21.9 Å². The molecule has 21 heavy (non-hydrogen) atoms. The summed E-state index contributed by atoms with van der Waals surface area (Å²) >= 11 is 1.68. The molecule has 1 N–H and O–H groups in total. The number of thiophene rings is 1. The van der Waals surface area contributed by atoms with Gasteiger partial charge in [-0.15, -0.1) is 11.3 Å². The molecule has 1 saturated carbocycles. The van der Waals surface area contributed by atoms with Crippen LogP contribution >= 0.6 is 11.3 Å². The number of hydrogen-bond donors (Lipinski definition) is 1. The van der Waals surface area contributed by atoms with Crippen LogP contribution in [0.15, 0.2) is 11.4 Å². The van der Waals surface area contributed by atoms with E-state index in [1.807, 2.05) is 11.4 Å². The summed E-state index contributed by atoms with van der Waals surface area (Å²) in [5.41, 5.74) is 0.794. The molecule has 1 amide bonds. The minimum atomic E-state index is 0.0463. The van der Waals surface area contributed by atoms with E-state index in [2.05, 4.69) is 12.2 Å². The molecule has 1 saturated heterocycles. The highest BCUT2D eigenvalue weighted by Gasteiger charge is 2.54. The number of amides is 1. The number of fused-ring (bicyclic) bond motifs is 1. The number of aryl methyl sites for hydroxylation is 1. The smallest absolute Gasteiger partial charge is 0.252 e. The van der Waals surface area contributed by atoms with Crippen molar-refractivity contribution in [3.63, 3.8) is 0 Å². The van der Waals surface area contributed by atoms with Crippen LogP contribution in [0.2, 0.25) is 0 Å². The van der Waals surface area contributed by atoms with Crippen molar-refractivity contribution in [2.24, 2.45) is 11.8 Å². The molecule has 0 bridgehead atoms. The van der Waals surface area contributed by atoms with Crippen molar-refractivity contribution < 1.29 is 14.3 Å². The Morgan fingerprint density at radius 3 is 3.19 bits per heavy atom. The Bertz CT molecular complexity index is 501. The molecule has 1 aliphatic carbocycles. The lowest BCUT2D eigenvalue weighted by molar-refractivity contribution is -0.0809. The summed E-state index contributed by atoms with van der Waals surface area (Å²) in [6.45, 7) is 3.61. The standard InChI is InChI=1S/C16H23NO3S/c1-3-4-11-7-10(9-21-11)16(18)17-14-12-5-6-20-15(12)13(14)8-19-2/h7,9,12-15H,3-6,8H2,1-2H3,(H,17,18)/t12-,13+,14+,15-/m0/s1. The van der Waals surface area contributed by atoms with Gasteiger partial charge in [-0.3, -0.25) is 4.79 Å². The van der Waals surface area contributed by atoms with Gasteiger partial charge in [-0.1, -0.05) is 13.3 Å². The first-order valence-corrected chi connectivity index (χ1v) is 8.61. The van der Waals surface area contributed by atoms with Gasteiger partial charge in [-0.2, -0.15) is 0 Å². The van der Waals surface area contributed by atoms with Gasteiger partial charge in [0.05, 0.1) is 18.3 Å². The molecule has 1 aliphatic heterocycles. The Labute approximate surface area is 129 Å². The van der Waals surface area contributed by atoms with Gasteiger partial charge >= 0.3 is 0 Å². The molecule has 2 aliphatic rings. The van der Waals surface area contributed by atoms with E-state index in [-0.39, 0.29) is 18.1 Å². The highest BCUT2D eigenvalue weighted by atomic mass is 32.1. The molecule has 0 unspecified atom stereocenters. The van der Waals surface area contributed by atoms with Gasteiger partial charge in [0.1, 0.15) is 0 Å². The average molecular weight is 309 g/mol. The van der Waals surface area contributed by atoms with E-state index in [0.29, 0.717) is 18.4 Å². The minimum absolute atomic E-state index is 0.0463. The van der Waals surface area contributed by atoms with Gasteiger partial charge in [0.25, 0.3) is 5.91 Å². The maximum Gasteiger partial charge on any atom is 0.252 e. The predicted molar refractivity (Wildman–Crippen MR) is 82.8 cm³/mol. The van der Waals surface area contributed by atoms with E-state index in [4.69, 9.17) is 9.47 Å². The number of methoxy groups -OCH3 is 1. The topological polar surface area (TPSA) is 47.6 Å². The number of carbonyl (C=O) groups excluding carboxylic acids is 1. The normalized spacial score (nSPS) is 30.8. The first-order chi connectivity index (χ1) is 10.2. The zero-order valence-corrected chi connectivity index (χ0v) is 13.4. The molecular formula is C16H23NO3S. The summed E-state index contributed by atoms with van der Waals surface area (Å²) in [7, 11) is 1.71. The monoisotopic (exact) mass is 309 g/mol. The molecule has 0 radical (unpaired) electrons. The Morgan fingerprint density at radius 1 is 1.57 bits per heavy atom. The molecule has 5 heteroatoms. The van der Waals surface area contributed by atoms with E-state index >= 15 is 0 Å². The van der Waals surface area contributed by atoms with E-state index in [1.165, 1.54) is 4.88 Å². The number of hydrogen-bond acceptors (Lipinski definition) is 4. The number of carbonyl (C=O) groups is 1. The maximum atomic E-state index is 12.4. The molecule has 4 nitrogen and oxygen atoms in total. The molecule has 0 spiro atoms. The first-order valence-electron chi connectivity index (χ1n) is 7.73. The Balaban J connectivity index is 1.63. The number of rotatable bonds is 6. The molecule has 2 fully saturated rings. The van der Waals surface area contributed by atoms with Crippen molar-refractivity contribution in [2.75, 3.05) is 20.3 Å². The third-order valence-electron chi connectivity index (χ3n) is 4.60. The van der Waals surface area contributed by atoms with Crippen molar-refractivity contribution in [2.45, 2.75) is 38.3 Å². The van der Waals surface area contributed by atoms with E-state index < -0.39 is 0 Å². The quantitative estimate of drug-likeness (QED) is 0.878. The van der Waals surface area contributed by atoms with Crippen LogP contribution in [0.1, 0.15) is 35.0 Å². The van der Waals surface area contributed by atoms with Gasteiger partial charge in [-0.05, 0) is 18.9 Å². The molecule has 1 aromatic heterocycles. The largest absolute Gasteiger partial charge is 0.384 e. The van der Waals surface area contributed by atoms with Gasteiger partial charge in [0.2, 0.25) is 0 Å². The summed E-state index contributed by atoms with van der Waals surface area (Å²) in [6, 6.07) is 2.22. The number of nitrogens with one attached hydrogen (secondary N) is 1. The van der Waals surface area contributed by atoms with Gasteiger partial charge < -0.3 is 14.8 Å². The van der Waals surface area contributed by atoms with Crippen LogP contribution < -0.4 is 5.32 Å². The summed E-state index contributed by atoms with van der Waals surface area (Å²) in [5, 5.41) is 5.17. The predicted octanol–water partition coefficient (Wildman–Crippen LogP) is 2.48. The third-order valence-corrected chi connectivity index (χ3v) is 5.59. The zero-order chi connectivity index (χ0) is 14.8. The van der Waals surface area contributed by atoms with Crippen LogP contribution in [0, 0.1) is 11.8 Å². The van der Waals surface area contributed by atoms with Crippen LogP contribution in [0.4, 0.5) is 0 Å². The maximum absolute atomic E-state index is 12.4. The van der Waals surface area contributed by atoms with Crippen molar-refractivity contribution >= 4 is 17.2 Å². The highest BCUT2D eigenvalue weighted by molar-refractivity contribution is 7.10. The van der Waals surface area contributed by atoms with Crippen LogP contribution in [0.25, 0.3) is 0 Å². The molecule has 116 valence electrons. The molecule has 1 aromatic rings. The van der Waals surface area contributed by atoms with Crippen LogP contribution in [0.5, 0.6) is 0 Å². The molecular weight excluding hydrogens is 286 g/mol. The molecule has 2 heterocycles. The van der Waals surface area contributed by atoms with E-state index in [1.54, 1.807) is 18.4 Å². The fourth-order valence-electron chi connectivity index (χ4n) is 3.55. The van der Waals surface area contributed by atoms with Crippen LogP contribution in [-0.4, -0.2) is 38.4 Å². The van der Waals surface area contributed by atoms with Gasteiger partial charge in [0, 0.05) is 41.9 Å². The fourth-order valence-corrected chi connectivity index (χ4v) is 4.52. The highest BCUT2D eigenvalue weighted by Crippen LogP contribution is 2.43. The Morgan fingerprint density at radius 2 is 2.43 bits per heavy atom. The lowest BCUT2D eigenvalue weighted by Crippen LogP contribution is -2.62. The Kier molecular flexibility index (Phi) is 4.62. The second-order valence-electron chi connectivity index (χ2n) is 5.96. The Hall–Kier alpha value is -0.910. The number of ether oxygens (including phenoxy) is 2. The van der Waals surface area contributed by atoms with Crippen LogP contribution in [-0.2, 0) is 15.9 Å². The first kappa shape index (κ1) is 15.0. The van der Waals surface area contributed by atoms with Gasteiger partial charge in [-0.25, -0.2) is 0 Å². The summed E-state index contributed by atoms with van der Waals surface area (Å²) in [6.07, 6.45) is 3.47. The summed E-state index contributed by atoms with van der Waals surface area (Å²) in [5.74, 6) is 0.799. The molecule has 4 atom stereocenters. The van der Waals surface area contributed by atoms with Gasteiger partial charge in [0.15, 0.2) is 0 Å². The van der Waals surface area contributed by atoms with Crippen LogP contribution in [0.3, 0.4) is 0 Å². The SMILES string of the molecule is CCCc1cc(C(=O)N[C@H]2[C@@H](COC)[C@H]3OCC[C@@H]23)cs1. The molecule has 0 aromatic carbocycles. The third kappa shape index (κ3) is 2.87. The fraction of sp³-hybridized carbons (Fsp3) is 0.688. The second kappa shape index (κ2) is 6.46. The van der Waals surface area contributed by atoms with E-state index in [0.717, 1.165) is 31.4 Å². The summed E-state index contributed by atoms with van der Waals surface area (Å²) < 4.78 is 11.0. The average Bonchev–Trinajstić information content (AvgIpc) is 3.10.